The first-order valence-electron chi connectivity index (χ1n) is 6.63. The van der Waals surface area contributed by atoms with Crippen LogP contribution in [0.4, 0.5) is 0 Å². The molecule has 0 aliphatic rings. The molecule has 0 aliphatic heterocycles. The minimum absolute atomic E-state index is 0.107. The Bertz CT molecular complexity index is 361. The SMILES string of the molecule is CCNC(C)(C)c1nc(C(OCC)C(C)C)no1. The topological polar surface area (TPSA) is 60.2 Å². The van der Waals surface area contributed by atoms with Gasteiger partial charge in [0.2, 0.25) is 11.7 Å². The van der Waals surface area contributed by atoms with Crippen LogP contribution >= 0.6 is 0 Å². The molecule has 5 heteroatoms. The second kappa shape index (κ2) is 6.29. The van der Waals surface area contributed by atoms with Gasteiger partial charge in [0.05, 0.1) is 5.54 Å². The van der Waals surface area contributed by atoms with Crippen LogP contribution in [0.2, 0.25) is 0 Å². The molecule has 0 aromatic carbocycles. The van der Waals surface area contributed by atoms with E-state index >= 15 is 0 Å². The summed E-state index contributed by atoms with van der Waals surface area (Å²) >= 11 is 0. The first kappa shape index (κ1) is 15.1. The lowest BCUT2D eigenvalue weighted by Gasteiger charge is -2.20. The van der Waals surface area contributed by atoms with Crippen LogP contribution in [0, 0.1) is 5.92 Å². The summed E-state index contributed by atoms with van der Waals surface area (Å²) in [5, 5.41) is 7.37. The Balaban J connectivity index is 2.90. The summed E-state index contributed by atoms with van der Waals surface area (Å²) in [6.07, 6.45) is -0.107. The van der Waals surface area contributed by atoms with Crippen molar-refractivity contribution in [1.29, 1.82) is 0 Å². The molecule has 0 amide bonds. The van der Waals surface area contributed by atoms with Crippen molar-refractivity contribution >= 4 is 0 Å². The minimum Gasteiger partial charge on any atom is -0.370 e. The van der Waals surface area contributed by atoms with Crippen LogP contribution in [0.1, 0.15) is 59.4 Å². The lowest BCUT2D eigenvalue weighted by molar-refractivity contribution is 0.0217. The number of hydrogen-bond donors (Lipinski definition) is 1. The molecule has 1 aromatic rings. The number of ether oxygens (including phenoxy) is 1. The first-order chi connectivity index (χ1) is 8.42. The van der Waals surface area contributed by atoms with Gasteiger partial charge >= 0.3 is 0 Å². The normalized spacial score (nSPS) is 14.2. The van der Waals surface area contributed by atoms with Crippen molar-refractivity contribution < 1.29 is 9.26 Å². The fourth-order valence-corrected chi connectivity index (χ4v) is 1.87. The van der Waals surface area contributed by atoms with E-state index < -0.39 is 0 Å². The molecule has 1 N–H and O–H groups in total. The third kappa shape index (κ3) is 3.53. The molecule has 1 heterocycles. The zero-order valence-corrected chi connectivity index (χ0v) is 12.3. The van der Waals surface area contributed by atoms with Gasteiger partial charge in [0.25, 0.3) is 0 Å². The number of aromatic nitrogens is 2. The number of rotatable bonds is 7. The monoisotopic (exact) mass is 255 g/mol. The molecule has 0 aliphatic carbocycles. The summed E-state index contributed by atoms with van der Waals surface area (Å²) in [6, 6.07) is 0. The fourth-order valence-electron chi connectivity index (χ4n) is 1.87. The quantitative estimate of drug-likeness (QED) is 0.811. The van der Waals surface area contributed by atoms with E-state index in [1.165, 1.54) is 0 Å². The van der Waals surface area contributed by atoms with Crippen molar-refractivity contribution in [3.63, 3.8) is 0 Å². The third-order valence-electron chi connectivity index (χ3n) is 2.80. The van der Waals surface area contributed by atoms with Crippen LogP contribution in [0.15, 0.2) is 4.52 Å². The van der Waals surface area contributed by atoms with Gasteiger partial charge in [0.15, 0.2) is 0 Å². The standard InChI is InChI=1S/C13H25N3O2/c1-7-14-13(5,6)12-15-11(16-18-12)10(9(3)4)17-8-2/h9-10,14H,7-8H2,1-6H3. The van der Waals surface area contributed by atoms with Gasteiger partial charge < -0.3 is 14.6 Å². The predicted molar refractivity (Wildman–Crippen MR) is 70.2 cm³/mol. The molecule has 5 nitrogen and oxygen atoms in total. The molecule has 1 atom stereocenters. The van der Waals surface area contributed by atoms with Gasteiger partial charge in [-0.2, -0.15) is 4.98 Å². The van der Waals surface area contributed by atoms with Crippen molar-refractivity contribution in [2.24, 2.45) is 5.92 Å². The molecule has 0 spiro atoms. The Labute approximate surface area is 109 Å². The third-order valence-corrected chi connectivity index (χ3v) is 2.80. The number of nitrogens with one attached hydrogen (secondary N) is 1. The fraction of sp³-hybridized carbons (Fsp3) is 0.846. The second-order valence-electron chi connectivity index (χ2n) is 5.23. The minimum atomic E-state index is -0.312. The summed E-state index contributed by atoms with van der Waals surface area (Å²) in [6.45, 7) is 13.7. The Morgan fingerprint density at radius 1 is 1.33 bits per heavy atom. The smallest absolute Gasteiger partial charge is 0.246 e. The maximum atomic E-state index is 5.67. The molecule has 104 valence electrons. The van der Waals surface area contributed by atoms with E-state index in [-0.39, 0.29) is 11.6 Å². The summed E-state index contributed by atoms with van der Waals surface area (Å²) in [5.41, 5.74) is -0.312. The Morgan fingerprint density at radius 3 is 2.50 bits per heavy atom. The van der Waals surface area contributed by atoms with Crippen molar-refractivity contribution in [2.75, 3.05) is 13.2 Å². The highest BCUT2D eigenvalue weighted by molar-refractivity contribution is 5.01. The van der Waals surface area contributed by atoms with Crippen LogP contribution in [-0.2, 0) is 10.3 Å². The maximum absolute atomic E-state index is 5.67. The summed E-state index contributed by atoms with van der Waals surface area (Å²) in [7, 11) is 0. The predicted octanol–water partition coefficient (Wildman–Crippen LogP) is 2.65. The van der Waals surface area contributed by atoms with Crippen molar-refractivity contribution in [3.8, 4) is 0 Å². The molecule has 0 radical (unpaired) electrons. The molecular formula is C13H25N3O2. The average Bonchev–Trinajstić information content (AvgIpc) is 2.75. The van der Waals surface area contributed by atoms with Gasteiger partial charge in [-0.1, -0.05) is 25.9 Å². The van der Waals surface area contributed by atoms with E-state index in [1.54, 1.807) is 0 Å². The van der Waals surface area contributed by atoms with Gasteiger partial charge in [0.1, 0.15) is 6.10 Å². The summed E-state index contributed by atoms with van der Waals surface area (Å²) in [4.78, 5) is 4.48. The van der Waals surface area contributed by atoms with E-state index in [9.17, 15) is 0 Å². The largest absolute Gasteiger partial charge is 0.370 e. The summed E-state index contributed by atoms with van der Waals surface area (Å²) < 4.78 is 11.0. The Morgan fingerprint density at radius 2 is 2.00 bits per heavy atom. The van der Waals surface area contributed by atoms with Crippen LogP contribution in [0.5, 0.6) is 0 Å². The van der Waals surface area contributed by atoms with E-state index in [4.69, 9.17) is 9.26 Å². The molecule has 0 bridgehead atoms. The Hall–Kier alpha value is -0.940. The van der Waals surface area contributed by atoms with E-state index in [2.05, 4.69) is 36.2 Å². The van der Waals surface area contributed by atoms with Crippen molar-refractivity contribution in [2.45, 2.75) is 53.2 Å². The highest BCUT2D eigenvalue weighted by Gasteiger charge is 2.29. The lowest BCUT2D eigenvalue weighted by Crippen LogP contribution is -2.36. The van der Waals surface area contributed by atoms with Crippen molar-refractivity contribution in [3.05, 3.63) is 11.7 Å². The lowest BCUT2D eigenvalue weighted by atomic mass is 10.1. The van der Waals surface area contributed by atoms with Gasteiger partial charge in [0, 0.05) is 6.61 Å². The van der Waals surface area contributed by atoms with Gasteiger partial charge in [-0.05, 0) is 33.2 Å². The first-order valence-corrected chi connectivity index (χ1v) is 6.63. The average molecular weight is 255 g/mol. The van der Waals surface area contributed by atoms with Crippen LogP contribution in [-0.4, -0.2) is 23.3 Å². The molecule has 0 saturated carbocycles. The Kier molecular flexibility index (Phi) is 5.28. The highest BCUT2D eigenvalue weighted by atomic mass is 16.5. The molecule has 1 unspecified atom stereocenters. The second-order valence-corrected chi connectivity index (χ2v) is 5.23. The van der Waals surface area contributed by atoms with Gasteiger partial charge in [-0.25, -0.2) is 0 Å². The molecule has 1 aromatic heterocycles. The number of nitrogens with zero attached hydrogens (tertiary/aromatic N) is 2. The maximum Gasteiger partial charge on any atom is 0.246 e. The zero-order chi connectivity index (χ0) is 13.8. The van der Waals surface area contributed by atoms with E-state index in [0.717, 1.165) is 6.54 Å². The van der Waals surface area contributed by atoms with Crippen LogP contribution in [0.3, 0.4) is 0 Å². The molecule has 18 heavy (non-hydrogen) atoms. The van der Waals surface area contributed by atoms with E-state index in [0.29, 0.717) is 24.2 Å². The highest BCUT2D eigenvalue weighted by Crippen LogP contribution is 2.26. The van der Waals surface area contributed by atoms with E-state index in [1.807, 2.05) is 20.8 Å². The van der Waals surface area contributed by atoms with Gasteiger partial charge in [-0.3, -0.25) is 0 Å². The number of hydrogen-bond acceptors (Lipinski definition) is 5. The summed E-state index contributed by atoms with van der Waals surface area (Å²) in [5.74, 6) is 1.55. The molecule has 1 rings (SSSR count). The van der Waals surface area contributed by atoms with Crippen LogP contribution < -0.4 is 5.32 Å². The van der Waals surface area contributed by atoms with Crippen molar-refractivity contribution in [1.82, 2.24) is 15.5 Å². The van der Waals surface area contributed by atoms with Crippen LogP contribution in [0.25, 0.3) is 0 Å². The molecular weight excluding hydrogens is 230 g/mol. The van der Waals surface area contributed by atoms with Gasteiger partial charge in [-0.15, -0.1) is 0 Å². The molecule has 0 saturated heterocycles. The zero-order valence-electron chi connectivity index (χ0n) is 12.3. The molecule has 0 fully saturated rings.